The second kappa shape index (κ2) is 8.30. The van der Waals surface area contributed by atoms with Crippen molar-refractivity contribution in [3.05, 3.63) is 35.9 Å². The van der Waals surface area contributed by atoms with E-state index in [1.807, 2.05) is 28.0 Å². The second-order valence-electron chi connectivity index (χ2n) is 6.02. The van der Waals surface area contributed by atoms with E-state index in [4.69, 9.17) is 11.6 Å². The summed E-state index contributed by atoms with van der Waals surface area (Å²) in [5.74, 6) is 0.214. The van der Waals surface area contributed by atoms with Gasteiger partial charge in [-0.2, -0.15) is 10.2 Å². The Morgan fingerprint density at radius 1 is 1.08 bits per heavy atom. The molecule has 7 nitrogen and oxygen atoms in total. The van der Waals surface area contributed by atoms with Crippen molar-refractivity contribution in [3.63, 3.8) is 0 Å². The topological polar surface area (TPSA) is 59.2 Å². The molecule has 2 aromatic heterocycles. The maximum Gasteiger partial charge on any atom is 0.224 e. The Hall–Kier alpha value is -1.86. The summed E-state index contributed by atoms with van der Waals surface area (Å²) in [7, 11) is 0. The molecule has 3 rings (SSSR count). The summed E-state index contributed by atoms with van der Waals surface area (Å²) in [5.41, 5.74) is 0. The lowest BCUT2D eigenvalue weighted by molar-refractivity contribution is -0.131. The molecule has 1 saturated heterocycles. The molecule has 0 radical (unpaired) electrons. The third kappa shape index (κ3) is 4.82. The van der Waals surface area contributed by atoms with Gasteiger partial charge in [0, 0.05) is 57.7 Å². The highest BCUT2D eigenvalue weighted by molar-refractivity contribution is 6.30. The third-order valence-corrected chi connectivity index (χ3v) is 4.50. The van der Waals surface area contributed by atoms with Gasteiger partial charge in [0.25, 0.3) is 0 Å². The number of hydrogen-bond acceptors (Lipinski definition) is 4. The Morgan fingerprint density at radius 3 is 2.75 bits per heavy atom. The van der Waals surface area contributed by atoms with E-state index in [9.17, 15) is 4.79 Å². The number of carbonyl (C=O) groups is 1. The van der Waals surface area contributed by atoms with Crippen LogP contribution in [0.15, 0.2) is 30.9 Å². The average molecular weight is 351 g/mol. The van der Waals surface area contributed by atoms with Crippen LogP contribution in [-0.2, 0) is 17.9 Å². The predicted octanol–water partition coefficient (Wildman–Crippen LogP) is 1.36. The number of aromatic nitrogens is 4. The molecule has 0 bridgehead atoms. The number of amides is 1. The molecule has 3 heterocycles. The van der Waals surface area contributed by atoms with Crippen molar-refractivity contribution in [1.82, 2.24) is 29.4 Å². The Kier molecular flexibility index (Phi) is 5.87. The molecule has 0 aromatic carbocycles. The molecule has 0 saturated carbocycles. The Morgan fingerprint density at radius 2 is 2.00 bits per heavy atom. The van der Waals surface area contributed by atoms with Gasteiger partial charge in [0.15, 0.2) is 0 Å². The minimum absolute atomic E-state index is 0.214. The van der Waals surface area contributed by atoms with Crippen LogP contribution in [0, 0.1) is 0 Å². The highest BCUT2D eigenvalue weighted by Gasteiger charge is 2.18. The monoisotopic (exact) mass is 350 g/mol. The quantitative estimate of drug-likeness (QED) is 0.789. The van der Waals surface area contributed by atoms with Gasteiger partial charge in [-0.3, -0.25) is 19.1 Å². The zero-order valence-electron chi connectivity index (χ0n) is 13.7. The van der Waals surface area contributed by atoms with Gasteiger partial charge in [0.1, 0.15) is 0 Å². The average Bonchev–Trinajstić information content (AvgIpc) is 3.18. The van der Waals surface area contributed by atoms with E-state index in [2.05, 4.69) is 15.1 Å². The molecule has 1 fully saturated rings. The van der Waals surface area contributed by atoms with Crippen LogP contribution in [0.3, 0.4) is 0 Å². The van der Waals surface area contributed by atoms with E-state index in [1.165, 1.54) is 0 Å². The summed E-state index contributed by atoms with van der Waals surface area (Å²) in [6.07, 6.45) is 8.63. The fraction of sp³-hybridized carbons (Fsp3) is 0.562. The lowest BCUT2D eigenvalue weighted by atomic mass is 10.3. The summed E-state index contributed by atoms with van der Waals surface area (Å²) in [6.45, 7) is 5.93. The molecule has 0 spiro atoms. The molecule has 130 valence electrons. The van der Waals surface area contributed by atoms with E-state index in [0.29, 0.717) is 18.0 Å². The number of halogens is 1. The van der Waals surface area contributed by atoms with Gasteiger partial charge >= 0.3 is 0 Å². The van der Waals surface area contributed by atoms with Crippen molar-refractivity contribution in [2.24, 2.45) is 0 Å². The van der Waals surface area contributed by atoms with Crippen molar-refractivity contribution in [2.45, 2.75) is 25.9 Å². The summed E-state index contributed by atoms with van der Waals surface area (Å²) >= 11 is 5.88. The van der Waals surface area contributed by atoms with Gasteiger partial charge < -0.3 is 4.90 Å². The normalized spacial score (nSPS) is 16.3. The molecule has 1 amide bonds. The molecule has 0 unspecified atom stereocenters. The summed E-state index contributed by atoms with van der Waals surface area (Å²) < 4.78 is 3.66. The van der Waals surface area contributed by atoms with Crippen LogP contribution in [-0.4, -0.2) is 68.0 Å². The first-order valence-corrected chi connectivity index (χ1v) is 8.74. The van der Waals surface area contributed by atoms with Crippen LogP contribution in [0.25, 0.3) is 0 Å². The highest BCUT2D eigenvalue weighted by Crippen LogP contribution is 2.08. The number of rotatable bonds is 6. The zero-order valence-corrected chi connectivity index (χ0v) is 14.5. The number of nitrogens with zero attached hydrogens (tertiary/aromatic N) is 6. The first-order chi connectivity index (χ1) is 11.7. The first kappa shape index (κ1) is 17.0. The van der Waals surface area contributed by atoms with Crippen LogP contribution >= 0.6 is 11.6 Å². The van der Waals surface area contributed by atoms with E-state index in [1.54, 1.807) is 17.1 Å². The van der Waals surface area contributed by atoms with Gasteiger partial charge in [-0.25, -0.2) is 0 Å². The SMILES string of the molecule is O=C(CCn1cccn1)N1CCCN(CCn2cc(Cl)cn2)CC1. The molecule has 24 heavy (non-hydrogen) atoms. The lowest BCUT2D eigenvalue weighted by Gasteiger charge is -2.22. The standard InChI is InChI=1S/C16H23ClN6O/c17-15-13-19-23(14-15)12-10-20-5-2-6-21(11-9-20)16(24)3-8-22-7-1-4-18-22/h1,4,7,13-14H,2-3,5-6,8-12H2. The molecule has 0 aliphatic carbocycles. The smallest absolute Gasteiger partial charge is 0.224 e. The van der Waals surface area contributed by atoms with Gasteiger partial charge in [0.05, 0.1) is 17.8 Å². The molecular formula is C16H23ClN6O. The minimum atomic E-state index is 0.214. The third-order valence-electron chi connectivity index (χ3n) is 4.30. The van der Waals surface area contributed by atoms with E-state index in [0.717, 1.165) is 45.7 Å². The minimum Gasteiger partial charge on any atom is -0.341 e. The van der Waals surface area contributed by atoms with E-state index in [-0.39, 0.29) is 5.91 Å². The van der Waals surface area contributed by atoms with Gasteiger partial charge in [0.2, 0.25) is 5.91 Å². The lowest BCUT2D eigenvalue weighted by Crippen LogP contribution is -2.36. The molecular weight excluding hydrogens is 328 g/mol. The molecule has 0 atom stereocenters. The van der Waals surface area contributed by atoms with Crippen LogP contribution in [0.5, 0.6) is 0 Å². The second-order valence-corrected chi connectivity index (χ2v) is 6.45. The number of hydrogen-bond donors (Lipinski definition) is 0. The van der Waals surface area contributed by atoms with Crippen molar-refractivity contribution in [1.29, 1.82) is 0 Å². The number of carbonyl (C=O) groups excluding carboxylic acids is 1. The summed E-state index contributed by atoms with van der Waals surface area (Å²) in [6, 6.07) is 1.88. The summed E-state index contributed by atoms with van der Waals surface area (Å²) in [4.78, 5) is 16.7. The predicted molar refractivity (Wildman–Crippen MR) is 91.7 cm³/mol. The van der Waals surface area contributed by atoms with Crippen LogP contribution in [0.2, 0.25) is 5.02 Å². The van der Waals surface area contributed by atoms with Crippen molar-refractivity contribution < 1.29 is 4.79 Å². The zero-order chi connectivity index (χ0) is 16.8. The fourth-order valence-corrected chi connectivity index (χ4v) is 3.11. The first-order valence-electron chi connectivity index (χ1n) is 8.36. The molecule has 8 heteroatoms. The van der Waals surface area contributed by atoms with Gasteiger partial charge in [-0.1, -0.05) is 11.6 Å². The van der Waals surface area contributed by atoms with Crippen molar-refractivity contribution in [3.8, 4) is 0 Å². The van der Waals surface area contributed by atoms with Crippen molar-refractivity contribution in [2.75, 3.05) is 32.7 Å². The van der Waals surface area contributed by atoms with Gasteiger partial charge in [-0.05, 0) is 19.0 Å². The highest BCUT2D eigenvalue weighted by atomic mass is 35.5. The fourth-order valence-electron chi connectivity index (χ4n) is 2.95. The Bertz CT molecular complexity index is 641. The van der Waals surface area contributed by atoms with E-state index >= 15 is 0 Å². The molecule has 1 aliphatic rings. The van der Waals surface area contributed by atoms with E-state index < -0.39 is 0 Å². The molecule has 2 aromatic rings. The van der Waals surface area contributed by atoms with Crippen LogP contribution in [0.4, 0.5) is 0 Å². The van der Waals surface area contributed by atoms with Crippen molar-refractivity contribution >= 4 is 17.5 Å². The molecule has 0 N–H and O–H groups in total. The van der Waals surface area contributed by atoms with Crippen LogP contribution in [0.1, 0.15) is 12.8 Å². The largest absolute Gasteiger partial charge is 0.341 e. The Balaban J connectivity index is 1.41. The summed E-state index contributed by atoms with van der Waals surface area (Å²) in [5, 5.41) is 9.01. The maximum absolute atomic E-state index is 12.4. The van der Waals surface area contributed by atoms with Gasteiger partial charge in [-0.15, -0.1) is 0 Å². The maximum atomic E-state index is 12.4. The van der Waals surface area contributed by atoms with Crippen LogP contribution < -0.4 is 0 Å². The number of aryl methyl sites for hydroxylation is 1. The Labute approximate surface area is 146 Å². The molecule has 1 aliphatic heterocycles.